The Labute approximate surface area is 204 Å². The smallest absolute Gasteiger partial charge is 0.327 e. The van der Waals surface area contributed by atoms with E-state index in [0.717, 1.165) is 10.9 Å². The maximum absolute atomic E-state index is 13.5. The monoisotopic (exact) mass is 494 g/mol. The number of H-pyrrole nitrogens is 1. The molecule has 36 heavy (non-hydrogen) atoms. The van der Waals surface area contributed by atoms with Crippen LogP contribution in [0.15, 0.2) is 47.3 Å². The van der Waals surface area contributed by atoms with E-state index >= 15 is 0 Å². The van der Waals surface area contributed by atoms with Gasteiger partial charge in [0.05, 0.1) is 18.7 Å². The van der Waals surface area contributed by atoms with Crippen molar-refractivity contribution in [2.75, 3.05) is 13.4 Å². The van der Waals surface area contributed by atoms with E-state index < -0.39 is 5.97 Å². The Hall–Kier alpha value is -4.32. The molecule has 1 aliphatic heterocycles. The van der Waals surface area contributed by atoms with Gasteiger partial charge in [-0.25, -0.2) is 9.07 Å². The summed E-state index contributed by atoms with van der Waals surface area (Å²) in [6, 6.07) is 11.5. The summed E-state index contributed by atoms with van der Waals surface area (Å²) in [6.07, 6.45) is 0. The number of benzene rings is 2. The van der Waals surface area contributed by atoms with Crippen molar-refractivity contribution < 1.29 is 23.4 Å². The van der Waals surface area contributed by atoms with Gasteiger partial charge in [-0.15, -0.1) is 5.10 Å². The SMILES string of the molecule is CCOC(=O)Cn1nnnc1CN(Cc1ccc(F)cc1)Cc1cc2cc3c(cc2[nH]c1=O)OCO3. The van der Waals surface area contributed by atoms with Crippen LogP contribution in [0.3, 0.4) is 0 Å². The van der Waals surface area contributed by atoms with Gasteiger partial charge in [-0.3, -0.25) is 14.5 Å². The molecule has 0 amide bonds. The lowest BCUT2D eigenvalue weighted by Crippen LogP contribution is -2.28. The molecule has 1 aliphatic rings. The summed E-state index contributed by atoms with van der Waals surface area (Å²) < 4.78 is 30.7. The van der Waals surface area contributed by atoms with E-state index in [1.165, 1.54) is 16.8 Å². The summed E-state index contributed by atoms with van der Waals surface area (Å²) in [5.41, 5.74) is 1.72. The number of fused-ring (bicyclic) bond motifs is 2. The van der Waals surface area contributed by atoms with Crippen molar-refractivity contribution >= 4 is 16.9 Å². The van der Waals surface area contributed by atoms with Gasteiger partial charge in [-0.1, -0.05) is 12.1 Å². The Bertz CT molecular complexity index is 1450. The summed E-state index contributed by atoms with van der Waals surface area (Å²) in [4.78, 5) is 29.7. The lowest BCUT2D eigenvalue weighted by atomic mass is 10.1. The van der Waals surface area contributed by atoms with E-state index in [-0.39, 0.29) is 44.4 Å². The number of carbonyl (C=O) groups excluding carboxylic acids is 1. The van der Waals surface area contributed by atoms with Crippen molar-refractivity contribution in [2.24, 2.45) is 0 Å². The lowest BCUT2D eigenvalue weighted by Gasteiger charge is -2.22. The number of carbonyl (C=O) groups is 1. The summed E-state index contributed by atoms with van der Waals surface area (Å²) >= 11 is 0. The van der Waals surface area contributed by atoms with Gasteiger partial charge in [-0.05, 0) is 47.2 Å². The molecule has 4 aromatic rings. The predicted molar refractivity (Wildman–Crippen MR) is 124 cm³/mol. The highest BCUT2D eigenvalue weighted by Gasteiger charge is 2.19. The van der Waals surface area contributed by atoms with Gasteiger partial charge >= 0.3 is 5.97 Å². The van der Waals surface area contributed by atoms with Crippen LogP contribution in [-0.4, -0.2) is 49.5 Å². The van der Waals surface area contributed by atoms with Crippen molar-refractivity contribution in [2.45, 2.75) is 33.1 Å². The molecule has 2 aromatic carbocycles. The van der Waals surface area contributed by atoms with Crippen LogP contribution in [-0.2, 0) is 35.7 Å². The highest BCUT2D eigenvalue weighted by Crippen LogP contribution is 2.35. The van der Waals surface area contributed by atoms with Gasteiger partial charge in [-0.2, -0.15) is 0 Å². The van der Waals surface area contributed by atoms with Gasteiger partial charge in [0, 0.05) is 30.1 Å². The fourth-order valence-corrected chi connectivity index (χ4v) is 4.00. The maximum Gasteiger partial charge on any atom is 0.327 e. The quantitative estimate of drug-likeness (QED) is 0.349. The molecule has 0 aliphatic carbocycles. The molecule has 0 fully saturated rings. The van der Waals surface area contributed by atoms with Gasteiger partial charge in [0.2, 0.25) is 6.79 Å². The molecular formula is C24H23FN6O5. The third kappa shape index (κ3) is 5.18. The molecule has 0 saturated carbocycles. The number of ether oxygens (including phenoxy) is 3. The molecule has 0 spiro atoms. The molecule has 3 heterocycles. The average molecular weight is 494 g/mol. The first-order valence-electron chi connectivity index (χ1n) is 11.3. The lowest BCUT2D eigenvalue weighted by molar-refractivity contribution is -0.144. The van der Waals surface area contributed by atoms with Gasteiger partial charge in [0.25, 0.3) is 5.56 Å². The number of halogens is 1. The number of pyridine rings is 1. The van der Waals surface area contributed by atoms with Crippen LogP contribution < -0.4 is 15.0 Å². The van der Waals surface area contributed by atoms with Crippen LogP contribution in [0.2, 0.25) is 0 Å². The number of esters is 1. The molecular weight excluding hydrogens is 471 g/mol. The minimum absolute atomic E-state index is 0.134. The zero-order valence-electron chi connectivity index (χ0n) is 19.4. The molecule has 186 valence electrons. The van der Waals surface area contributed by atoms with Gasteiger partial charge in [0.1, 0.15) is 12.4 Å². The summed E-state index contributed by atoms with van der Waals surface area (Å²) in [5, 5.41) is 12.4. The van der Waals surface area contributed by atoms with Crippen molar-refractivity contribution in [3.05, 3.63) is 75.6 Å². The molecule has 12 heteroatoms. The topological polar surface area (TPSA) is 124 Å². The molecule has 0 unspecified atom stereocenters. The number of aromatic amines is 1. The summed E-state index contributed by atoms with van der Waals surface area (Å²) in [5.74, 6) is 0.819. The Morgan fingerprint density at radius 1 is 1.14 bits per heavy atom. The third-order valence-electron chi connectivity index (χ3n) is 5.68. The number of hydrogen-bond donors (Lipinski definition) is 1. The number of nitrogens with zero attached hydrogens (tertiary/aromatic N) is 5. The van der Waals surface area contributed by atoms with Gasteiger partial charge in [0.15, 0.2) is 17.3 Å². The molecule has 1 N–H and O–H groups in total. The first-order valence-corrected chi connectivity index (χ1v) is 11.3. The maximum atomic E-state index is 13.5. The van der Waals surface area contributed by atoms with Crippen LogP contribution in [0, 0.1) is 5.82 Å². The number of tetrazole rings is 1. The van der Waals surface area contributed by atoms with Crippen LogP contribution in [0.25, 0.3) is 10.9 Å². The van der Waals surface area contributed by atoms with Crippen LogP contribution >= 0.6 is 0 Å². The zero-order chi connectivity index (χ0) is 25.1. The molecule has 11 nitrogen and oxygen atoms in total. The van der Waals surface area contributed by atoms with E-state index in [4.69, 9.17) is 14.2 Å². The number of hydrogen-bond acceptors (Lipinski definition) is 9. The largest absolute Gasteiger partial charge is 0.465 e. The van der Waals surface area contributed by atoms with Crippen LogP contribution in [0.4, 0.5) is 4.39 Å². The van der Waals surface area contributed by atoms with Crippen LogP contribution in [0.1, 0.15) is 23.9 Å². The fraction of sp³-hybridized carbons (Fsp3) is 0.292. The summed E-state index contributed by atoms with van der Waals surface area (Å²) in [7, 11) is 0. The highest BCUT2D eigenvalue weighted by atomic mass is 19.1. The minimum Gasteiger partial charge on any atom is -0.465 e. The summed E-state index contributed by atoms with van der Waals surface area (Å²) in [6.45, 7) is 2.81. The fourth-order valence-electron chi connectivity index (χ4n) is 4.00. The number of rotatable bonds is 9. The second-order valence-electron chi connectivity index (χ2n) is 8.25. The minimum atomic E-state index is -0.458. The highest BCUT2D eigenvalue weighted by molar-refractivity contribution is 5.83. The molecule has 0 saturated heterocycles. The second kappa shape index (κ2) is 10.1. The Balaban J connectivity index is 1.44. The van der Waals surface area contributed by atoms with Crippen molar-refractivity contribution in [3.8, 4) is 11.5 Å². The third-order valence-corrected chi connectivity index (χ3v) is 5.68. The van der Waals surface area contributed by atoms with E-state index in [9.17, 15) is 14.0 Å². The standard InChI is InChI=1S/C24H23FN6O5/c1-2-34-23(32)13-31-22(27-28-29-31)12-30(10-15-3-5-18(25)6-4-15)11-17-7-16-8-20-21(36-14-35-20)9-19(16)26-24(17)33/h3-9H,2,10-14H2,1H3,(H,26,33). The number of nitrogens with one attached hydrogen (secondary N) is 1. The Morgan fingerprint density at radius 2 is 1.92 bits per heavy atom. The molecule has 5 rings (SSSR count). The average Bonchev–Trinajstić information content (AvgIpc) is 3.48. The molecule has 0 radical (unpaired) electrons. The van der Waals surface area contributed by atoms with E-state index in [1.54, 1.807) is 31.2 Å². The van der Waals surface area contributed by atoms with E-state index in [1.807, 2.05) is 11.0 Å². The molecule has 0 atom stereocenters. The molecule has 0 bridgehead atoms. The van der Waals surface area contributed by atoms with Gasteiger partial charge < -0.3 is 19.2 Å². The Morgan fingerprint density at radius 3 is 2.69 bits per heavy atom. The first kappa shape index (κ1) is 23.4. The second-order valence-corrected chi connectivity index (χ2v) is 8.25. The van der Waals surface area contributed by atoms with Crippen LogP contribution in [0.5, 0.6) is 11.5 Å². The predicted octanol–water partition coefficient (Wildman–Crippen LogP) is 2.15. The van der Waals surface area contributed by atoms with E-state index in [0.29, 0.717) is 34.9 Å². The molecule has 2 aromatic heterocycles. The normalized spacial score (nSPS) is 12.4. The van der Waals surface area contributed by atoms with Crippen molar-refractivity contribution in [1.82, 2.24) is 30.1 Å². The Kier molecular flexibility index (Phi) is 6.58. The number of aromatic nitrogens is 5. The zero-order valence-corrected chi connectivity index (χ0v) is 19.4. The first-order chi connectivity index (χ1) is 17.5. The van der Waals surface area contributed by atoms with Crippen molar-refractivity contribution in [3.63, 3.8) is 0 Å². The van der Waals surface area contributed by atoms with E-state index in [2.05, 4.69) is 20.5 Å². The van der Waals surface area contributed by atoms with Crippen molar-refractivity contribution in [1.29, 1.82) is 0 Å².